The quantitative estimate of drug-likeness (QED) is 0.861. The van der Waals surface area contributed by atoms with Gasteiger partial charge in [-0.2, -0.15) is 4.98 Å². The molecule has 0 radical (unpaired) electrons. The fourth-order valence-corrected chi connectivity index (χ4v) is 3.82. The fourth-order valence-electron chi connectivity index (χ4n) is 3.82. The number of rotatable bonds is 3. The lowest BCUT2D eigenvalue weighted by atomic mass is 9.82. The first kappa shape index (κ1) is 17.1. The molecule has 24 heavy (non-hydrogen) atoms. The minimum Gasteiger partial charge on any atom is -0.391 e. The Morgan fingerprint density at radius 1 is 1.33 bits per heavy atom. The van der Waals surface area contributed by atoms with Crippen LogP contribution in [0.1, 0.15) is 63.7 Å². The van der Waals surface area contributed by atoms with Gasteiger partial charge in [-0.25, -0.2) is 0 Å². The van der Waals surface area contributed by atoms with Gasteiger partial charge in [0.2, 0.25) is 11.8 Å². The highest BCUT2D eigenvalue weighted by Crippen LogP contribution is 2.34. The number of carbonyl (C=O) groups is 1. The monoisotopic (exact) mass is 333 g/mol. The van der Waals surface area contributed by atoms with E-state index in [1.807, 2.05) is 6.92 Å². The smallest absolute Gasteiger partial charge is 0.249 e. The molecule has 2 atom stereocenters. The Labute approximate surface area is 142 Å². The maximum atomic E-state index is 12.9. The third-order valence-corrected chi connectivity index (χ3v) is 5.25. The summed E-state index contributed by atoms with van der Waals surface area (Å²) in [5.74, 6) is 2.21. The molecule has 1 saturated carbocycles. The minimum atomic E-state index is -0.547. The van der Waals surface area contributed by atoms with Crippen LogP contribution in [0.25, 0.3) is 0 Å². The number of aliphatic hydroxyl groups is 1. The lowest BCUT2D eigenvalue weighted by Crippen LogP contribution is -2.32. The highest BCUT2D eigenvalue weighted by atomic mass is 16.5. The average Bonchev–Trinajstić information content (AvgIpc) is 3.14. The van der Waals surface area contributed by atoms with E-state index in [1.54, 1.807) is 11.8 Å². The lowest BCUT2D eigenvalue weighted by Gasteiger charge is -2.26. The number of aryl methyl sites for hydroxylation is 1. The van der Waals surface area contributed by atoms with E-state index in [4.69, 9.17) is 4.52 Å². The second-order valence-corrected chi connectivity index (χ2v) is 7.41. The van der Waals surface area contributed by atoms with Crippen LogP contribution in [0.15, 0.2) is 16.2 Å². The highest BCUT2D eigenvalue weighted by molar-refractivity contribution is 5.93. The molecular formula is C18H27N3O3. The molecule has 0 bridgehead atoms. The average molecular weight is 333 g/mol. The number of likely N-dealkylation sites (tertiary alicyclic amines) is 1. The molecule has 1 saturated heterocycles. The van der Waals surface area contributed by atoms with Gasteiger partial charge in [0.05, 0.1) is 6.10 Å². The maximum Gasteiger partial charge on any atom is 0.249 e. The van der Waals surface area contributed by atoms with Crippen LogP contribution in [0.4, 0.5) is 0 Å². The molecule has 6 heteroatoms. The largest absolute Gasteiger partial charge is 0.391 e. The molecule has 1 aromatic rings. The van der Waals surface area contributed by atoms with Crippen molar-refractivity contribution in [2.45, 2.75) is 65.0 Å². The molecule has 0 unspecified atom stereocenters. The number of β-amino-alcohol motifs (C(OH)–C–C–N with tert-alkyl or cyclic N) is 1. The Kier molecular flexibility index (Phi) is 5.04. The van der Waals surface area contributed by atoms with Crippen LogP contribution >= 0.6 is 0 Å². The molecule has 1 aliphatic carbocycles. The van der Waals surface area contributed by atoms with E-state index >= 15 is 0 Å². The summed E-state index contributed by atoms with van der Waals surface area (Å²) in [5.41, 5.74) is 0.755. The van der Waals surface area contributed by atoms with Crippen molar-refractivity contribution < 1.29 is 14.4 Å². The summed E-state index contributed by atoms with van der Waals surface area (Å²) in [6, 6.07) is -0.330. The normalized spacial score (nSPS) is 31.5. The minimum absolute atomic E-state index is 0.0361. The van der Waals surface area contributed by atoms with Gasteiger partial charge in [-0.1, -0.05) is 31.0 Å². The van der Waals surface area contributed by atoms with Crippen molar-refractivity contribution in [2.24, 2.45) is 11.8 Å². The van der Waals surface area contributed by atoms with E-state index in [-0.39, 0.29) is 11.9 Å². The number of aromatic nitrogens is 2. The van der Waals surface area contributed by atoms with Gasteiger partial charge in [0.15, 0.2) is 5.82 Å². The Morgan fingerprint density at radius 3 is 2.67 bits per heavy atom. The molecule has 2 fully saturated rings. The van der Waals surface area contributed by atoms with Crippen molar-refractivity contribution in [1.82, 2.24) is 15.0 Å². The number of hydrogen-bond acceptors (Lipinski definition) is 5. The Bertz CT molecular complexity index is 617. The molecular weight excluding hydrogens is 306 g/mol. The summed E-state index contributed by atoms with van der Waals surface area (Å²) in [7, 11) is 0. The SMILES string of the molecule is C/C(=C\C1CCC(C)CC1)C(=O)N1C[C@H](O)C[C@@H]1c1nc(C)no1. The predicted octanol–water partition coefficient (Wildman–Crippen LogP) is 2.78. The first-order valence-corrected chi connectivity index (χ1v) is 8.91. The maximum absolute atomic E-state index is 12.9. The second-order valence-electron chi connectivity index (χ2n) is 7.41. The van der Waals surface area contributed by atoms with Gasteiger partial charge in [0, 0.05) is 18.5 Å². The number of allylic oxidation sites excluding steroid dienone is 1. The summed E-state index contributed by atoms with van der Waals surface area (Å²) in [5, 5.41) is 13.8. The van der Waals surface area contributed by atoms with Crippen molar-refractivity contribution in [2.75, 3.05) is 6.54 Å². The highest BCUT2D eigenvalue weighted by Gasteiger charge is 2.39. The molecule has 2 aliphatic rings. The van der Waals surface area contributed by atoms with E-state index in [2.05, 4.69) is 23.1 Å². The topological polar surface area (TPSA) is 79.5 Å². The van der Waals surface area contributed by atoms with Crippen LogP contribution in [0.2, 0.25) is 0 Å². The molecule has 132 valence electrons. The second kappa shape index (κ2) is 7.05. The van der Waals surface area contributed by atoms with E-state index in [9.17, 15) is 9.90 Å². The lowest BCUT2D eigenvalue weighted by molar-refractivity contribution is -0.128. The van der Waals surface area contributed by atoms with Crippen LogP contribution in [-0.2, 0) is 4.79 Å². The zero-order chi connectivity index (χ0) is 17.3. The first-order chi connectivity index (χ1) is 11.4. The van der Waals surface area contributed by atoms with Crippen molar-refractivity contribution in [3.8, 4) is 0 Å². The zero-order valence-electron chi connectivity index (χ0n) is 14.7. The van der Waals surface area contributed by atoms with Gasteiger partial charge >= 0.3 is 0 Å². The third-order valence-electron chi connectivity index (χ3n) is 5.25. The Balaban J connectivity index is 1.72. The van der Waals surface area contributed by atoms with E-state index in [1.165, 1.54) is 12.8 Å². The summed E-state index contributed by atoms with van der Waals surface area (Å²) in [4.78, 5) is 18.8. The molecule has 2 heterocycles. The fraction of sp³-hybridized carbons (Fsp3) is 0.722. The summed E-state index contributed by atoms with van der Waals surface area (Å²) >= 11 is 0. The molecule has 0 aromatic carbocycles. The molecule has 1 amide bonds. The zero-order valence-corrected chi connectivity index (χ0v) is 14.7. The Hall–Kier alpha value is -1.69. The number of aliphatic hydroxyl groups excluding tert-OH is 1. The third kappa shape index (κ3) is 3.69. The van der Waals surface area contributed by atoms with Gasteiger partial charge in [0.1, 0.15) is 6.04 Å². The summed E-state index contributed by atoms with van der Waals surface area (Å²) in [6.45, 7) is 6.24. The van der Waals surface area contributed by atoms with Crippen LogP contribution in [0.5, 0.6) is 0 Å². The van der Waals surface area contributed by atoms with Crippen molar-refractivity contribution in [1.29, 1.82) is 0 Å². The number of hydrogen-bond donors (Lipinski definition) is 1. The molecule has 6 nitrogen and oxygen atoms in total. The van der Waals surface area contributed by atoms with Crippen molar-refractivity contribution in [3.05, 3.63) is 23.4 Å². The van der Waals surface area contributed by atoms with Gasteiger partial charge in [-0.05, 0) is 38.5 Å². The van der Waals surface area contributed by atoms with E-state index < -0.39 is 6.10 Å². The first-order valence-electron chi connectivity index (χ1n) is 8.91. The van der Waals surface area contributed by atoms with Crippen LogP contribution in [0, 0.1) is 18.8 Å². The molecule has 1 N–H and O–H groups in total. The van der Waals surface area contributed by atoms with Gasteiger partial charge < -0.3 is 14.5 Å². The predicted molar refractivity (Wildman–Crippen MR) is 89.0 cm³/mol. The summed E-state index contributed by atoms with van der Waals surface area (Å²) < 4.78 is 5.23. The van der Waals surface area contributed by atoms with Crippen LogP contribution < -0.4 is 0 Å². The van der Waals surface area contributed by atoms with Crippen molar-refractivity contribution in [3.63, 3.8) is 0 Å². The Morgan fingerprint density at radius 2 is 2.04 bits per heavy atom. The van der Waals surface area contributed by atoms with Crippen LogP contribution in [-0.4, -0.2) is 38.7 Å². The van der Waals surface area contributed by atoms with Gasteiger partial charge in [-0.15, -0.1) is 0 Å². The molecule has 1 aliphatic heterocycles. The molecule has 1 aromatic heterocycles. The van der Waals surface area contributed by atoms with Gasteiger partial charge in [0.25, 0.3) is 0 Å². The van der Waals surface area contributed by atoms with Gasteiger partial charge in [-0.3, -0.25) is 4.79 Å². The molecule has 3 rings (SSSR count). The van der Waals surface area contributed by atoms with E-state index in [0.717, 1.165) is 24.3 Å². The molecule has 0 spiro atoms. The summed E-state index contributed by atoms with van der Waals surface area (Å²) in [6.07, 6.45) is 6.79. The number of carbonyl (C=O) groups excluding carboxylic acids is 1. The standard InChI is InChI=1S/C18H27N3O3/c1-11-4-6-14(7-5-11)8-12(2)18(23)21-10-15(22)9-16(21)17-19-13(3)20-24-17/h8,11,14-16,22H,4-7,9-10H2,1-3H3/b12-8+/t11?,14?,15-,16-/m1/s1. The van der Waals surface area contributed by atoms with Crippen molar-refractivity contribution >= 4 is 5.91 Å². The number of amides is 1. The van der Waals surface area contributed by atoms with E-state index in [0.29, 0.717) is 30.6 Å². The van der Waals surface area contributed by atoms with Crippen LogP contribution in [0.3, 0.4) is 0 Å². The number of nitrogens with zero attached hydrogens (tertiary/aromatic N) is 3.